The van der Waals surface area contributed by atoms with E-state index >= 15 is 0 Å². The average Bonchev–Trinajstić information content (AvgIpc) is 2.79. The number of benzene rings is 1. The van der Waals surface area contributed by atoms with Gasteiger partial charge in [0.05, 0.1) is 24.3 Å². The molecule has 0 aromatic heterocycles. The van der Waals surface area contributed by atoms with Crippen LogP contribution in [-0.2, 0) is 9.47 Å². The number of carbonyl (C=O) groups is 2. The average molecular weight is 433 g/mol. The monoisotopic (exact) mass is 432 g/mol. The van der Waals surface area contributed by atoms with Gasteiger partial charge in [0.1, 0.15) is 0 Å². The predicted molar refractivity (Wildman–Crippen MR) is 127 cm³/mol. The largest absolute Gasteiger partial charge is 0.462 e. The molecule has 0 fully saturated rings. The summed E-state index contributed by atoms with van der Waals surface area (Å²) in [5.74, 6) is 0.0891. The van der Waals surface area contributed by atoms with Crippen LogP contribution in [0, 0.1) is 11.8 Å². The minimum Gasteiger partial charge on any atom is -0.462 e. The first-order valence-electron chi connectivity index (χ1n) is 12.5. The van der Waals surface area contributed by atoms with Crippen LogP contribution in [0.2, 0.25) is 0 Å². The molecule has 176 valence electrons. The summed E-state index contributed by atoms with van der Waals surface area (Å²) in [7, 11) is 0. The van der Waals surface area contributed by atoms with Crippen LogP contribution in [0.4, 0.5) is 0 Å². The fourth-order valence-corrected chi connectivity index (χ4v) is 3.94. The van der Waals surface area contributed by atoms with Gasteiger partial charge in [0.25, 0.3) is 0 Å². The Hall–Kier alpha value is -1.84. The summed E-state index contributed by atoms with van der Waals surface area (Å²) in [6, 6.07) is 6.72. The van der Waals surface area contributed by atoms with Crippen molar-refractivity contribution in [2.45, 2.75) is 98.3 Å². The highest BCUT2D eigenvalue weighted by Crippen LogP contribution is 2.19. The molecule has 1 aromatic carbocycles. The van der Waals surface area contributed by atoms with Crippen molar-refractivity contribution < 1.29 is 19.1 Å². The first kappa shape index (κ1) is 27.2. The van der Waals surface area contributed by atoms with Crippen LogP contribution in [0.1, 0.15) is 119 Å². The minimum absolute atomic E-state index is 0.363. The molecule has 0 radical (unpaired) electrons. The van der Waals surface area contributed by atoms with Crippen molar-refractivity contribution in [2.24, 2.45) is 11.8 Å². The second-order valence-electron chi connectivity index (χ2n) is 8.73. The summed E-state index contributed by atoms with van der Waals surface area (Å²) in [6.07, 6.45) is 12.4. The van der Waals surface area contributed by atoms with E-state index in [0.717, 1.165) is 51.4 Å². The molecule has 4 nitrogen and oxygen atoms in total. The zero-order valence-electron chi connectivity index (χ0n) is 20.3. The van der Waals surface area contributed by atoms with E-state index in [-0.39, 0.29) is 11.9 Å². The number of rotatable bonds is 17. The molecule has 0 aliphatic heterocycles. The Morgan fingerprint density at radius 2 is 1.16 bits per heavy atom. The summed E-state index contributed by atoms with van der Waals surface area (Å²) in [5.41, 5.74) is 0.822. The highest BCUT2D eigenvalue weighted by Gasteiger charge is 2.17. The van der Waals surface area contributed by atoms with Crippen molar-refractivity contribution in [3.63, 3.8) is 0 Å². The first-order chi connectivity index (χ1) is 15.0. The maximum Gasteiger partial charge on any atom is 0.338 e. The molecule has 0 amide bonds. The van der Waals surface area contributed by atoms with Gasteiger partial charge in [-0.1, -0.05) is 78.7 Å². The van der Waals surface area contributed by atoms with Gasteiger partial charge in [-0.05, 0) is 55.7 Å². The molecule has 0 saturated heterocycles. The van der Waals surface area contributed by atoms with Crippen molar-refractivity contribution in [1.29, 1.82) is 0 Å². The zero-order chi connectivity index (χ0) is 22.9. The molecule has 31 heavy (non-hydrogen) atoms. The van der Waals surface area contributed by atoms with Crippen LogP contribution in [0.5, 0.6) is 0 Å². The molecular formula is C27H44O4. The lowest BCUT2D eigenvalue weighted by molar-refractivity contribution is 0.0421. The molecule has 0 bridgehead atoms. The Bertz CT molecular complexity index is 625. The first-order valence-corrected chi connectivity index (χ1v) is 12.5. The number of hydrogen-bond acceptors (Lipinski definition) is 4. The van der Waals surface area contributed by atoms with Gasteiger partial charge in [-0.3, -0.25) is 0 Å². The normalized spacial score (nSPS) is 12.9. The van der Waals surface area contributed by atoms with Crippen molar-refractivity contribution in [1.82, 2.24) is 0 Å². The van der Waals surface area contributed by atoms with E-state index in [1.54, 1.807) is 24.3 Å². The fraction of sp³-hybridized carbons (Fsp3) is 0.704. The summed E-state index contributed by atoms with van der Waals surface area (Å²) in [5, 5.41) is 0. The van der Waals surface area contributed by atoms with Crippen LogP contribution < -0.4 is 0 Å². The van der Waals surface area contributed by atoms with Gasteiger partial charge < -0.3 is 9.47 Å². The summed E-state index contributed by atoms with van der Waals surface area (Å²) < 4.78 is 11.2. The SMILES string of the molecule is CCCCCC(CCC)COC(=O)c1cccc(C(=O)OCC(CCC)CCCC)c1. The standard InChI is InChI=1S/C27H44O4/c1-5-9-11-16-23(14-8-4)21-31-27(29)25-18-12-17-24(19-25)26(28)30-20-22(13-7-3)15-10-6-2/h12,17-19,22-23H,5-11,13-16,20-21H2,1-4H3. The van der Waals surface area contributed by atoms with Gasteiger partial charge in [-0.25, -0.2) is 9.59 Å². The zero-order valence-corrected chi connectivity index (χ0v) is 20.3. The molecule has 2 unspecified atom stereocenters. The molecular weight excluding hydrogens is 388 g/mol. The van der Waals surface area contributed by atoms with E-state index in [2.05, 4.69) is 27.7 Å². The second kappa shape index (κ2) is 16.8. The number of carbonyl (C=O) groups excluding carboxylic acids is 2. The topological polar surface area (TPSA) is 52.6 Å². The van der Waals surface area contributed by atoms with Gasteiger partial charge in [0.15, 0.2) is 0 Å². The predicted octanol–water partition coefficient (Wildman–Crippen LogP) is 7.60. The van der Waals surface area contributed by atoms with E-state index < -0.39 is 0 Å². The van der Waals surface area contributed by atoms with Gasteiger partial charge in [0, 0.05) is 0 Å². The Morgan fingerprint density at radius 1 is 0.677 bits per heavy atom. The van der Waals surface area contributed by atoms with E-state index in [0.29, 0.717) is 36.2 Å². The Kier molecular flexibility index (Phi) is 14.7. The molecule has 0 aliphatic carbocycles. The molecule has 0 aliphatic rings. The Labute approximate surface area is 190 Å². The highest BCUT2D eigenvalue weighted by atomic mass is 16.5. The van der Waals surface area contributed by atoms with Crippen LogP contribution in [0.3, 0.4) is 0 Å². The highest BCUT2D eigenvalue weighted by molar-refractivity contribution is 5.95. The molecule has 0 spiro atoms. The van der Waals surface area contributed by atoms with Crippen molar-refractivity contribution in [3.8, 4) is 0 Å². The van der Waals surface area contributed by atoms with Crippen LogP contribution in [0.25, 0.3) is 0 Å². The van der Waals surface area contributed by atoms with Crippen LogP contribution in [0.15, 0.2) is 24.3 Å². The van der Waals surface area contributed by atoms with Crippen molar-refractivity contribution in [3.05, 3.63) is 35.4 Å². The number of unbranched alkanes of at least 4 members (excludes halogenated alkanes) is 3. The maximum atomic E-state index is 12.6. The Balaban J connectivity index is 2.61. The van der Waals surface area contributed by atoms with Crippen LogP contribution in [-0.4, -0.2) is 25.2 Å². The van der Waals surface area contributed by atoms with Crippen molar-refractivity contribution in [2.75, 3.05) is 13.2 Å². The van der Waals surface area contributed by atoms with Crippen LogP contribution >= 0.6 is 0 Å². The smallest absolute Gasteiger partial charge is 0.338 e. The lowest BCUT2D eigenvalue weighted by atomic mass is 9.97. The third-order valence-corrected chi connectivity index (χ3v) is 5.81. The molecule has 0 N–H and O–H groups in total. The van der Waals surface area contributed by atoms with E-state index in [1.165, 1.54) is 19.3 Å². The van der Waals surface area contributed by atoms with Crippen molar-refractivity contribution >= 4 is 11.9 Å². The number of ether oxygens (including phenoxy) is 2. The van der Waals surface area contributed by atoms with E-state index in [4.69, 9.17) is 9.47 Å². The Morgan fingerprint density at radius 3 is 1.61 bits per heavy atom. The number of esters is 2. The summed E-state index contributed by atoms with van der Waals surface area (Å²) in [4.78, 5) is 25.1. The molecule has 4 heteroatoms. The molecule has 2 atom stereocenters. The molecule has 1 aromatic rings. The lowest BCUT2D eigenvalue weighted by Crippen LogP contribution is -2.16. The molecule has 0 heterocycles. The third kappa shape index (κ3) is 11.4. The van der Waals surface area contributed by atoms with E-state index in [1.807, 2.05) is 0 Å². The lowest BCUT2D eigenvalue weighted by Gasteiger charge is -2.17. The quantitative estimate of drug-likeness (QED) is 0.188. The number of hydrogen-bond donors (Lipinski definition) is 0. The summed E-state index contributed by atoms with van der Waals surface area (Å²) >= 11 is 0. The van der Waals surface area contributed by atoms with Gasteiger partial charge in [-0.15, -0.1) is 0 Å². The fourth-order valence-electron chi connectivity index (χ4n) is 3.94. The molecule has 0 saturated carbocycles. The maximum absolute atomic E-state index is 12.6. The second-order valence-corrected chi connectivity index (χ2v) is 8.73. The van der Waals surface area contributed by atoms with Gasteiger partial charge >= 0.3 is 11.9 Å². The van der Waals surface area contributed by atoms with Gasteiger partial charge in [0.2, 0.25) is 0 Å². The van der Waals surface area contributed by atoms with Gasteiger partial charge in [-0.2, -0.15) is 0 Å². The molecule has 1 rings (SSSR count). The third-order valence-electron chi connectivity index (χ3n) is 5.81. The summed E-state index contributed by atoms with van der Waals surface area (Å²) in [6.45, 7) is 9.58. The minimum atomic E-state index is -0.365. The van der Waals surface area contributed by atoms with E-state index in [9.17, 15) is 9.59 Å².